The molecule has 72 valence electrons. The molecule has 0 unspecified atom stereocenters. The quantitative estimate of drug-likeness (QED) is 0.461. The van der Waals surface area contributed by atoms with Crippen molar-refractivity contribution >= 4 is 12.2 Å². The van der Waals surface area contributed by atoms with E-state index in [1.54, 1.807) is 0 Å². The second kappa shape index (κ2) is 6.30. The molecule has 4 nitrogen and oxygen atoms in total. The molecule has 0 N–H and O–H groups in total. The van der Waals surface area contributed by atoms with E-state index in [9.17, 15) is 9.59 Å². The van der Waals surface area contributed by atoms with Gasteiger partial charge in [0, 0.05) is 0 Å². The number of rotatable bonds is 6. The van der Waals surface area contributed by atoms with E-state index in [2.05, 4.69) is 9.98 Å². The zero-order chi connectivity index (χ0) is 10.2. The molecule has 13 heavy (non-hydrogen) atoms. The minimum Gasteiger partial charge on any atom is -0.211 e. The fourth-order valence-corrected chi connectivity index (χ4v) is 0.933. The maximum absolute atomic E-state index is 9.79. The van der Waals surface area contributed by atoms with Gasteiger partial charge in [0.2, 0.25) is 12.2 Å². The van der Waals surface area contributed by atoms with E-state index < -0.39 is 0 Å². The van der Waals surface area contributed by atoms with Crippen molar-refractivity contribution in [2.24, 2.45) is 15.4 Å². The zero-order valence-electron chi connectivity index (χ0n) is 8.04. The molecule has 0 heterocycles. The number of hydrogen-bond donors (Lipinski definition) is 0. The highest BCUT2D eigenvalue weighted by atomic mass is 16.1. The fraction of sp³-hybridized carbons (Fsp3) is 0.778. The van der Waals surface area contributed by atoms with Crippen molar-refractivity contribution < 1.29 is 9.59 Å². The molecule has 0 bridgehead atoms. The molecule has 0 rings (SSSR count). The van der Waals surface area contributed by atoms with Crippen molar-refractivity contribution in [2.45, 2.75) is 26.7 Å². The molecule has 0 aliphatic heterocycles. The summed E-state index contributed by atoms with van der Waals surface area (Å²) < 4.78 is 0. The van der Waals surface area contributed by atoms with Crippen molar-refractivity contribution in [3.8, 4) is 0 Å². The summed E-state index contributed by atoms with van der Waals surface area (Å²) in [4.78, 5) is 26.5. The number of aliphatic imine (C=N–C) groups is 2. The predicted octanol–water partition coefficient (Wildman–Crippen LogP) is 1.46. The molecule has 0 amide bonds. The lowest BCUT2D eigenvalue weighted by atomic mass is 9.86. The van der Waals surface area contributed by atoms with E-state index in [1.165, 1.54) is 12.2 Å². The first kappa shape index (κ1) is 11.8. The zero-order valence-corrected chi connectivity index (χ0v) is 8.04. The summed E-state index contributed by atoms with van der Waals surface area (Å²) in [6, 6.07) is 0. The van der Waals surface area contributed by atoms with Crippen LogP contribution in [0.4, 0.5) is 0 Å². The summed E-state index contributed by atoms with van der Waals surface area (Å²) in [7, 11) is 0. The molecule has 0 saturated carbocycles. The Labute approximate surface area is 77.8 Å². The fourth-order valence-electron chi connectivity index (χ4n) is 0.933. The first-order chi connectivity index (χ1) is 6.12. The second-order valence-electron chi connectivity index (χ2n) is 3.61. The molecule has 0 aliphatic carbocycles. The Kier molecular flexibility index (Phi) is 5.69. The molecule has 0 aromatic carbocycles. The lowest BCUT2D eigenvalue weighted by Gasteiger charge is -2.21. The van der Waals surface area contributed by atoms with Gasteiger partial charge in [0.05, 0.1) is 13.1 Å². The van der Waals surface area contributed by atoms with Crippen LogP contribution >= 0.6 is 0 Å². The van der Waals surface area contributed by atoms with E-state index in [1.807, 2.05) is 13.8 Å². The van der Waals surface area contributed by atoms with Crippen LogP contribution in [-0.2, 0) is 9.59 Å². The van der Waals surface area contributed by atoms with E-state index in [-0.39, 0.29) is 5.41 Å². The third kappa shape index (κ3) is 7.13. The average molecular weight is 182 g/mol. The van der Waals surface area contributed by atoms with Crippen LogP contribution < -0.4 is 0 Å². The van der Waals surface area contributed by atoms with Crippen LogP contribution in [0.25, 0.3) is 0 Å². The Bertz CT molecular complexity index is 212. The highest BCUT2D eigenvalue weighted by Crippen LogP contribution is 2.24. The average Bonchev–Trinajstić information content (AvgIpc) is 2.05. The van der Waals surface area contributed by atoms with Gasteiger partial charge < -0.3 is 0 Å². The summed E-state index contributed by atoms with van der Waals surface area (Å²) in [5.74, 6) is 0. The molecular weight excluding hydrogens is 168 g/mol. The lowest BCUT2D eigenvalue weighted by molar-refractivity contribution is 0.319. The van der Waals surface area contributed by atoms with Gasteiger partial charge in [-0.3, -0.25) is 0 Å². The van der Waals surface area contributed by atoms with E-state index in [0.717, 1.165) is 12.8 Å². The molecule has 0 spiro atoms. The maximum atomic E-state index is 9.79. The smallest absolute Gasteiger partial charge is 0.211 e. The summed E-state index contributed by atoms with van der Waals surface area (Å²) in [5, 5.41) is 0. The van der Waals surface area contributed by atoms with Crippen LogP contribution in [0.5, 0.6) is 0 Å². The van der Waals surface area contributed by atoms with Gasteiger partial charge in [-0.2, -0.15) is 0 Å². The first-order valence-corrected chi connectivity index (χ1v) is 4.20. The highest BCUT2D eigenvalue weighted by molar-refractivity contribution is 5.33. The minimum atomic E-state index is 0.0562. The van der Waals surface area contributed by atoms with Crippen molar-refractivity contribution in [1.82, 2.24) is 0 Å². The Morgan fingerprint density at radius 3 is 1.69 bits per heavy atom. The topological polar surface area (TPSA) is 58.9 Å². The minimum absolute atomic E-state index is 0.0562. The Morgan fingerprint density at radius 2 is 1.38 bits per heavy atom. The van der Waals surface area contributed by atoms with Crippen molar-refractivity contribution in [3.63, 3.8) is 0 Å². The Morgan fingerprint density at radius 1 is 1.00 bits per heavy atom. The van der Waals surface area contributed by atoms with Gasteiger partial charge in [-0.1, -0.05) is 13.8 Å². The first-order valence-electron chi connectivity index (χ1n) is 4.20. The van der Waals surface area contributed by atoms with Gasteiger partial charge in [0.1, 0.15) is 0 Å². The normalized spacial score (nSPS) is 10.0. The van der Waals surface area contributed by atoms with Gasteiger partial charge >= 0.3 is 0 Å². The van der Waals surface area contributed by atoms with E-state index in [4.69, 9.17) is 0 Å². The lowest BCUT2D eigenvalue weighted by Crippen LogP contribution is -2.14. The number of nitrogens with zero attached hydrogens (tertiary/aromatic N) is 2. The van der Waals surface area contributed by atoms with Crippen LogP contribution in [0.1, 0.15) is 26.7 Å². The number of carbonyl (C=O) groups excluding carboxylic acids is 2. The van der Waals surface area contributed by atoms with Gasteiger partial charge in [-0.25, -0.2) is 19.6 Å². The molecule has 0 saturated heterocycles. The van der Waals surface area contributed by atoms with Crippen LogP contribution in [0.15, 0.2) is 9.98 Å². The van der Waals surface area contributed by atoms with Crippen LogP contribution in [0.3, 0.4) is 0 Å². The largest absolute Gasteiger partial charge is 0.234 e. The molecule has 4 heteroatoms. The molecule has 0 fully saturated rings. The SMILES string of the molecule is CC(C)(CCN=C=O)CCN=C=O. The van der Waals surface area contributed by atoms with Gasteiger partial charge in [-0.05, 0) is 18.3 Å². The molecule has 0 radical (unpaired) electrons. The van der Waals surface area contributed by atoms with Crippen molar-refractivity contribution in [3.05, 3.63) is 0 Å². The third-order valence-electron chi connectivity index (χ3n) is 1.93. The molecule has 0 aliphatic rings. The predicted molar refractivity (Wildman–Crippen MR) is 49.0 cm³/mol. The van der Waals surface area contributed by atoms with Gasteiger partial charge in [0.15, 0.2) is 0 Å². The van der Waals surface area contributed by atoms with Crippen molar-refractivity contribution in [1.29, 1.82) is 0 Å². The summed E-state index contributed by atoms with van der Waals surface area (Å²) in [5.41, 5.74) is 0.0562. The number of hydrogen-bond acceptors (Lipinski definition) is 4. The number of isocyanates is 2. The summed E-state index contributed by atoms with van der Waals surface area (Å²) in [6.07, 6.45) is 4.60. The second-order valence-corrected chi connectivity index (χ2v) is 3.61. The summed E-state index contributed by atoms with van der Waals surface area (Å²) >= 11 is 0. The van der Waals surface area contributed by atoms with E-state index >= 15 is 0 Å². The van der Waals surface area contributed by atoms with Crippen molar-refractivity contribution in [2.75, 3.05) is 13.1 Å². The third-order valence-corrected chi connectivity index (χ3v) is 1.93. The standard InChI is InChI=1S/C9H14N2O2/c1-9(2,3-5-10-7-12)4-6-11-8-13/h3-6H2,1-2H3. The monoisotopic (exact) mass is 182 g/mol. The molecular formula is C9H14N2O2. The van der Waals surface area contributed by atoms with E-state index in [0.29, 0.717) is 13.1 Å². The highest BCUT2D eigenvalue weighted by Gasteiger charge is 2.16. The molecule has 0 aromatic heterocycles. The summed E-state index contributed by atoms with van der Waals surface area (Å²) in [6.45, 7) is 5.07. The molecule has 0 aromatic rings. The van der Waals surface area contributed by atoms with Crippen LogP contribution in [0.2, 0.25) is 0 Å². The Hall–Kier alpha value is -1.24. The Balaban J connectivity index is 3.77. The molecule has 0 atom stereocenters. The van der Waals surface area contributed by atoms with Crippen LogP contribution in [-0.4, -0.2) is 25.2 Å². The van der Waals surface area contributed by atoms with Gasteiger partial charge in [-0.15, -0.1) is 0 Å². The van der Waals surface area contributed by atoms with Gasteiger partial charge in [0.25, 0.3) is 0 Å². The maximum Gasteiger partial charge on any atom is 0.234 e. The van der Waals surface area contributed by atoms with Crippen LogP contribution in [0, 0.1) is 5.41 Å².